The first-order valence-corrected chi connectivity index (χ1v) is 11.4. The van der Waals surface area contributed by atoms with E-state index in [-0.39, 0.29) is 16.7 Å². The number of ether oxygens (including phenoxy) is 1. The van der Waals surface area contributed by atoms with Gasteiger partial charge in [0.2, 0.25) is 0 Å². The molecule has 3 heterocycles. The maximum atomic E-state index is 12.2. The lowest BCUT2D eigenvalue weighted by atomic mass is 10.0. The van der Waals surface area contributed by atoms with E-state index in [2.05, 4.69) is 15.4 Å². The summed E-state index contributed by atoms with van der Waals surface area (Å²) in [6, 6.07) is 5.75. The van der Waals surface area contributed by atoms with Crippen LogP contribution in [-0.2, 0) is 9.63 Å². The summed E-state index contributed by atoms with van der Waals surface area (Å²) in [5, 5.41) is 15.6. The van der Waals surface area contributed by atoms with Gasteiger partial charge in [0.05, 0.1) is 29.0 Å². The van der Waals surface area contributed by atoms with Gasteiger partial charge in [0.1, 0.15) is 17.7 Å². The van der Waals surface area contributed by atoms with E-state index in [0.717, 1.165) is 42.8 Å². The molecule has 1 fully saturated rings. The third kappa shape index (κ3) is 4.59. The average molecular weight is 449 g/mol. The molecule has 0 radical (unpaired) electrons. The van der Waals surface area contributed by atoms with Crippen LogP contribution in [0.25, 0.3) is 0 Å². The number of benzene rings is 1. The molecule has 1 amide bonds. The highest BCUT2D eigenvalue weighted by atomic mass is 35.5. The number of nitrogens with zero attached hydrogens (tertiary/aromatic N) is 2. The van der Waals surface area contributed by atoms with Gasteiger partial charge in [-0.1, -0.05) is 17.3 Å². The van der Waals surface area contributed by atoms with Crippen LogP contribution in [-0.4, -0.2) is 59.9 Å². The van der Waals surface area contributed by atoms with Crippen molar-refractivity contribution >= 4 is 40.8 Å². The van der Waals surface area contributed by atoms with E-state index in [9.17, 15) is 4.79 Å². The van der Waals surface area contributed by atoms with Crippen molar-refractivity contribution in [1.29, 1.82) is 5.41 Å². The van der Waals surface area contributed by atoms with Gasteiger partial charge in [0.15, 0.2) is 0 Å². The number of rotatable bonds is 6. The van der Waals surface area contributed by atoms with Crippen LogP contribution < -0.4 is 10.1 Å². The minimum Gasteiger partial charge on any atom is -0.496 e. The van der Waals surface area contributed by atoms with Crippen LogP contribution in [0, 0.1) is 5.41 Å². The summed E-state index contributed by atoms with van der Waals surface area (Å²) in [4.78, 5) is 20.5. The molecule has 160 valence electrons. The molecule has 3 aliphatic heterocycles. The third-order valence-corrected chi connectivity index (χ3v) is 6.90. The summed E-state index contributed by atoms with van der Waals surface area (Å²) in [5.41, 5.74) is 2.46. The quantitative estimate of drug-likeness (QED) is 0.396. The Kier molecular flexibility index (Phi) is 6.53. The van der Waals surface area contributed by atoms with Crippen molar-refractivity contribution in [3.63, 3.8) is 0 Å². The summed E-state index contributed by atoms with van der Waals surface area (Å²) in [7, 11) is 1.62. The Hall–Kier alpha value is -2.19. The van der Waals surface area contributed by atoms with Gasteiger partial charge in [-0.25, -0.2) is 0 Å². The lowest BCUT2D eigenvalue weighted by Crippen LogP contribution is -2.32. The Morgan fingerprint density at radius 1 is 1.43 bits per heavy atom. The highest BCUT2D eigenvalue weighted by molar-refractivity contribution is 8.05. The molecule has 2 unspecified atom stereocenters. The highest BCUT2D eigenvalue weighted by Gasteiger charge is 2.27. The fourth-order valence-electron chi connectivity index (χ4n) is 3.77. The molecule has 4 rings (SSSR count). The number of amides is 1. The Morgan fingerprint density at radius 3 is 2.93 bits per heavy atom. The Morgan fingerprint density at radius 2 is 2.23 bits per heavy atom. The number of methoxy groups -OCH3 is 1. The molecule has 3 aliphatic rings. The van der Waals surface area contributed by atoms with Crippen molar-refractivity contribution in [2.24, 2.45) is 5.16 Å². The fourth-order valence-corrected chi connectivity index (χ4v) is 4.99. The smallest absolute Gasteiger partial charge is 0.257 e. The third-order valence-electron chi connectivity index (χ3n) is 5.40. The van der Waals surface area contributed by atoms with E-state index in [0.29, 0.717) is 35.9 Å². The van der Waals surface area contributed by atoms with Crippen molar-refractivity contribution in [3.8, 4) is 5.75 Å². The molecule has 7 nitrogen and oxygen atoms in total. The van der Waals surface area contributed by atoms with Crippen molar-refractivity contribution in [3.05, 3.63) is 40.3 Å². The molecule has 0 bridgehead atoms. The number of thioether (sulfide) groups is 1. The number of carbonyl (C=O) groups excluding carboxylic acids is 1. The van der Waals surface area contributed by atoms with Gasteiger partial charge in [-0.2, -0.15) is 0 Å². The summed E-state index contributed by atoms with van der Waals surface area (Å²) >= 11 is 7.40. The number of carbonyl (C=O) groups is 1. The number of halogens is 1. The second-order valence-corrected chi connectivity index (χ2v) is 9.50. The number of oxime groups is 1. The summed E-state index contributed by atoms with van der Waals surface area (Å²) in [5.74, 6) is 1.08. The van der Waals surface area contributed by atoms with Crippen molar-refractivity contribution in [2.45, 2.75) is 36.5 Å². The molecule has 1 saturated heterocycles. The molecular formula is C21H25ClN4O3S. The molecule has 0 aromatic heterocycles. The molecule has 1 aromatic rings. The first kappa shape index (κ1) is 21.1. The summed E-state index contributed by atoms with van der Waals surface area (Å²) in [6.45, 7) is 2.23. The maximum Gasteiger partial charge on any atom is 0.257 e. The second-order valence-electron chi connectivity index (χ2n) is 7.47. The van der Waals surface area contributed by atoms with Gasteiger partial charge in [0.25, 0.3) is 5.91 Å². The normalized spacial score (nSPS) is 23.1. The van der Waals surface area contributed by atoms with Crippen LogP contribution >= 0.6 is 23.4 Å². The molecule has 9 heteroatoms. The zero-order valence-electron chi connectivity index (χ0n) is 16.8. The zero-order valence-corrected chi connectivity index (χ0v) is 18.4. The van der Waals surface area contributed by atoms with Gasteiger partial charge >= 0.3 is 0 Å². The Balaban J connectivity index is 1.36. The molecule has 0 spiro atoms. The van der Waals surface area contributed by atoms with Gasteiger partial charge in [0, 0.05) is 30.6 Å². The Labute approximate surface area is 185 Å². The van der Waals surface area contributed by atoms with E-state index >= 15 is 0 Å². The molecule has 2 N–H and O–H groups in total. The first-order chi connectivity index (χ1) is 14.5. The molecule has 2 atom stereocenters. The van der Waals surface area contributed by atoms with E-state index in [1.54, 1.807) is 7.11 Å². The van der Waals surface area contributed by atoms with E-state index in [4.69, 9.17) is 26.6 Å². The van der Waals surface area contributed by atoms with E-state index in [1.165, 1.54) is 11.8 Å². The van der Waals surface area contributed by atoms with Crippen LogP contribution in [0.2, 0.25) is 0 Å². The standard InChI is InChI=1S/C21H25ClN4O3S/c1-28-17-10-13(20(23)26-8-2-3-9-26)4-5-15(17)16-11-14(29-25-16)12-24-21(27)18-6-7-19(22)30-18/h4-6,10,14,19,23H,2-3,7-9,11-12H2,1H3,(H,24,27). The van der Waals surface area contributed by atoms with Crippen molar-refractivity contribution < 1.29 is 14.4 Å². The van der Waals surface area contributed by atoms with E-state index < -0.39 is 0 Å². The molecule has 30 heavy (non-hydrogen) atoms. The maximum absolute atomic E-state index is 12.2. The monoisotopic (exact) mass is 448 g/mol. The molecular weight excluding hydrogens is 424 g/mol. The SMILES string of the molecule is COc1cc(C(=N)N2CCCC2)ccc1C1=NOC(CNC(=O)C2=CCC(Cl)S2)C1. The number of amidine groups is 1. The highest BCUT2D eigenvalue weighted by Crippen LogP contribution is 2.34. The first-order valence-electron chi connectivity index (χ1n) is 10.1. The minimum absolute atomic E-state index is 0.0641. The fraction of sp³-hybridized carbons (Fsp3) is 0.476. The summed E-state index contributed by atoms with van der Waals surface area (Å²) in [6.07, 6.45) is 5.17. The molecule has 0 saturated carbocycles. The van der Waals surface area contributed by atoms with Crippen molar-refractivity contribution in [2.75, 3.05) is 26.7 Å². The predicted molar refractivity (Wildman–Crippen MR) is 120 cm³/mol. The zero-order chi connectivity index (χ0) is 21.1. The average Bonchev–Trinajstić information content (AvgIpc) is 3.52. The van der Waals surface area contributed by atoms with Gasteiger partial charge < -0.3 is 19.8 Å². The van der Waals surface area contributed by atoms with Gasteiger partial charge in [-0.3, -0.25) is 10.2 Å². The largest absolute Gasteiger partial charge is 0.496 e. The second kappa shape index (κ2) is 9.31. The number of alkyl halides is 1. The van der Waals surface area contributed by atoms with E-state index in [1.807, 2.05) is 24.3 Å². The van der Waals surface area contributed by atoms with Gasteiger partial charge in [-0.05, 0) is 31.4 Å². The molecule has 1 aromatic carbocycles. The predicted octanol–water partition coefficient (Wildman–Crippen LogP) is 3.31. The lowest BCUT2D eigenvalue weighted by Gasteiger charge is -2.19. The minimum atomic E-state index is -0.227. The summed E-state index contributed by atoms with van der Waals surface area (Å²) < 4.78 is 5.51. The van der Waals surface area contributed by atoms with Crippen molar-refractivity contribution in [1.82, 2.24) is 10.2 Å². The Bertz CT molecular complexity index is 898. The number of allylic oxidation sites excluding steroid dienone is 1. The molecule has 0 aliphatic carbocycles. The number of nitrogens with one attached hydrogen (secondary N) is 2. The van der Waals surface area contributed by atoms with Crippen LogP contribution in [0.5, 0.6) is 5.75 Å². The van der Waals surface area contributed by atoms with Crippen LogP contribution in [0.15, 0.2) is 34.3 Å². The topological polar surface area (TPSA) is 87.0 Å². The number of hydrogen-bond donors (Lipinski definition) is 2. The van der Waals surface area contributed by atoms with Gasteiger partial charge in [-0.15, -0.1) is 23.4 Å². The number of hydrogen-bond acceptors (Lipinski definition) is 6. The van der Waals surface area contributed by atoms with Crippen LogP contribution in [0.3, 0.4) is 0 Å². The van der Waals surface area contributed by atoms with Crippen LogP contribution in [0.1, 0.15) is 36.8 Å². The van der Waals surface area contributed by atoms with Crippen LogP contribution in [0.4, 0.5) is 0 Å². The number of likely N-dealkylation sites (tertiary alicyclic amines) is 1. The lowest BCUT2D eigenvalue weighted by molar-refractivity contribution is -0.117.